The number of esters is 1. The molecule has 2 aromatic rings. The Morgan fingerprint density at radius 1 is 1.42 bits per heavy atom. The number of aromatic nitrogens is 2. The molecule has 0 unspecified atom stereocenters. The first kappa shape index (κ1) is 12.7. The average molecular weight is 261 g/mol. The third kappa shape index (κ3) is 2.76. The van der Waals surface area contributed by atoms with Gasteiger partial charge in [-0.1, -0.05) is 18.2 Å². The minimum atomic E-state index is -0.540. The number of methoxy groups -OCH3 is 1. The first-order valence-corrected chi connectivity index (χ1v) is 5.46. The van der Waals surface area contributed by atoms with Crippen LogP contribution in [0.5, 0.6) is 0 Å². The van der Waals surface area contributed by atoms with Crippen molar-refractivity contribution in [2.24, 2.45) is 0 Å². The minimum Gasteiger partial charge on any atom is -0.464 e. The van der Waals surface area contributed by atoms with Crippen LogP contribution in [0.2, 0.25) is 0 Å². The first-order chi connectivity index (χ1) is 9.11. The highest BCUT2D eigenvalue weighted by atomic mass is 16.6. The van der Waals surface area contributed by atoms with Gasteiger partial charge in [-0.25, -0.2) is 4.79 Å². The van der Waals surface area contributed by atoms with Crippen molar-refractivity contribution in [2.45, 2.75) is 6.54 Å². The maximum absolute atomic E-state index is 11.2. The number of nitrogens with zero attached hydrogens (tertiary/aromatic N) is 3. The van der Waals surface area contributed by atoms with E-state index in [2.05, 4.69) is 9.84 Å². The van der Waals surface area contributed by atoms with Crippen molar-refractivity contribution in [3.05, 3.63) is 57.9 Å². The largest absolute Gasteiger partial charge is 0.464 e. The van der Waals surface area contributed by atoms with E-state index in [9.17, 15) is 14.9 Å². The molecule has 19 heavy (non-hydrogen) atoms. The molecular formula is C12H11N3O4. The Morgan fingerprint density at radius 2 is 2.16 bits per heavy atom. The van der Waals surface area contributed by atoms with Crippen LogP contribution < -0.4 is 0 Å². The van der Waals surface area contributed by atoms with E-state index in [0.717, 1.165) is 0 Å². The standard InChI is InChI=1S/C12H11N3O4/c1-19-12(16)10-6-7-14(13-10)8-9-4-2-3-5-11(9)15(17)18/h2-7H,8H2,1H3. The van der Waals surface area contributed by atoms with E-state index in [1.807, 2.05) is 0 Å². The van der Waals surface area contributed by atoms with Gasteiger partial charge in [-0.2, -0.15) is 5.10 Å². The number of hydrogen-bond acceptors (Lipinski definition) is 5. The number of nitro groups is 1. The van der Waals surface area contributed by atoms with E-state index in [-0.39, 0.29) is 17.9 Å². The van der Waals surface area contributed by atoms with Gasteiger partial charge in [-0.05, 0) is 6.07 Å². The Hall–Kier alpha value is -2.70. The van der Waals surface area contributed by atoms with Crippen LogP contribution in [0.1, 0.15) is 16.1 Å². The van der Waals surface area contributed by atoms with E-state index < -0.39 is 10.9 Å². The van der Waals surface area contributed by atoms with E-state index in [1.54, 1.807) is 24.4 Å². The smallest absolute Gasteiger partial charge is 0.358 e. The summed E-state index contributed by atoms with van der Waals surface area (Å²) in [5.41, 5.74) is 0.714. The van der Waals surface area contributed by atoms with Crippen LogP contribution in [0, 0.1) is 10.1 Å². The Labute approximate surface area is 108 Å². The number of carbonyl (C=O) groups excluding carboxylic acids is 1. The number of para-hydroxylation sites is 1. The summed E-state index contributed by atoms with van der Waals surface area (Å²) in [6.07, 6.45) is 1.57. The molecule has 0 saturated heterocycles. The molecule has 1 heterocycles. The topological polar surface area (TPSA) is 87.3 Å². The van der Waals surface area contributed by atoms with Crippen LogP contribution in [0.3, 0.4) is 0 Å². The van der Waals surface area contributed by atoms with Crippen molar-refractivity contribution in [1.29, 1.82) is 0 Å². The van der Waals surface area contributed by atoms with Gasteiger partial charge in [0.05, 0.1) is 24.1 Å². The predicted octanol–water partition coefficient (Wildman–Crippen LogP) is 1.63. The molecule has 0 fully saturated rings. The van der Waals surface area contributed by atoms with Crippen LogP contribution in [0.15, 0.2) is 36.5 Å². The van der Waals surface area contributed by atoms with Crippen LogP contribution in [-0.4, -0.2) is 27.8 Å². The Bertz CT molecular complexity index is 621. The molecule has 0 amide bonds. The van der Waals surface area contributed by atoms with Crippen molar-refractivity contribution in [3.8, 4) is 0 Å². The highest BCUT2D eigenvalue weighted by Gasteiger charge is 2.14. The second kappa shape index (κ2) is 5.30. The molecular weight excluding hydrogens is 250 g/mol. The normalized spacial score (nSPS) is 10.2. The maximum Gasteiger partial charge on any atom is 0.358 e. The second-order valence-corrected chi connectivity index (χ2v) is 3.78. The molecule has 0 radical (unpaired) electrons. The third-order valence-electron chi connectivity index (χ3n) is 2.56. The van der Waals surface area contributed by atoms with Crippen molar-refractivity contribution in [3.63, 3.8) is 0 Å². The van der Waals surface area contributed by atoms with Crippen molar-refractivity contribution in [1.82, 2.24) is 9.78 Å². The van der Waals surface area contributed by atoms with Gasteiger partial charge in [0.25, 0.3) is 5.69 Å². The molecule has 0 saturated carbocycles. The molecule has 1 aromatic carbocycles. The van der Waals surface area contributed by atoms with Gasteiger partial charge in [-0.15, -0.1) is 0 Å². The lowest BCUT2D eigenvalue weighted by atomic mass is 10.2. The molecule has 0 aliphatic heterocycles. The van der Waals surface area contributed by atoms with E-state index in [1.165, 1.54) is 23.9 Å². The van der Waals surface area contributed by atoms with Crippen LogP contribution in [-0.2, 0) is 11.3 Å². The summed E-state index contributed by atoms with van der Waals surface area (Å²) < 4.78 is 5.99. The van der Waals surface area contributed by atoms with Crippen LogP contribution in [0.4, 0.5) is 5.69 Å². The second-order valence-electron chi connectivity index (χ2n) is 3.78. The lowest BCUT2D eigenvalue weighted by Crippen LogP contribution is -2.07. The van der Waals surface area contributed by atoms with Gasteiger partial charge in [0, 0.05) is 12.3 Å². The van der Waals surface area contributed by atoms with Gasteiger partial charge in [0.1, 0.15) is 0 Å². The van der Waals surface area contributed by atoms with Crippen molar-refractivity contribution in [2.75, 3.05) is 7.11 Å². The fourth-order valence-electron chi connectivity index (χ4n) is 1.66. The number of nitro benzene ring substituents is 1. The first-order valence-electron chi connectivity index (χ1n) is 5.46. The summed E-state index contributed by atoms with van der Waals surface area (Å²) in [6.45, 7) is 0.216. The highest BCUT2D eigenvalue weighted by Crippen LogP contribution is 2.18. The van der Waals surface area contributed by atoms with E-state index in [0.29, 0.717) is 5.56 Å². The maximum atomic E-state index is 11.2. The van der Waals surface area contributed by atoms with Crippen molar-refractivity contribution >= 4 is 11.7 Å². The quantitative estimate of drug-likeness (QED) is 0.474. The summed E-state index contributed by atoms with van der Waals surface area (Å²) in [4.78, 5) is 21.7. The molecule has 0 N–H and O–H groups in total. The summed E-state index contributed by atoms with van der Waals surface area (Å²) in [5.74, 6) is -0.540. The number of benzene rings is 1. The zero-order chi connectivity index (χ0) is 13.8. The SMILES string of the molecule is COC(=O)c1ccn(Cc2ccccc2[N+](=O)[O-])n1. The predicted molar refractivity (Wildman–Crippen MR) is 65.8 cm³/mol. The monoisotopic (exact) mass is 261 g/mol. The van der Waals surface area contributed by atoms with Gasteiger partial charge in [0.15, 0.2) is 5.69 Å². The van der Waals surface area contributed by atoms with Gasteiger partial charge >= 0.3 is 5.97 Å². The zero-order valence-electron chi connectivity index (χ0n) is 10.1. The lowest BCUT2D eigenvalue weighted by molar-refractivity contribution is -0.385. The summed E-state index contributed by atoms with van der Waals surface area (Å²) in [7, 11) is 1.27. The molecule has 98 valence electrons. The Balaban J connectivity index is 2.24. The fraction of sp³-hybridized carbons (Fsp3) is 0.167. The number of ether oxygens (including phenoxy) is 1. The number of hydrogen-bond donors (Lipinski definition) is 0. The number of carbonyl (C=O) groups is 1. The fourth-order valence-corrected chi connectivity index (χ4v) is 1.66. The van der Waals surface area contributed by atoms with Gasteiger partial charge in [0.2, 0.25) is 0 Å². The molecule has 1 aromatic heterocycles. The summed E-state index contributed by atoms with van der Waals surface area (Å²) >= 11 is 0. The Morgan fingerprint density at radius 3 is 2.84 bits per heavy atom. The van der Waals surface area contributed by atoms with E-state index in [4.69, 9.17) is 0 Å². The molecule has 0 aliphatic rings. The molecule has 7 nitrogen and oxygen atoms in total. The van der Waals surface area contributed by atoms with Gasteiger partial charge < -0.3 is 4.74 Å². The molecule has 0 aliphatic carbocycles. The Kier molecular flexibility index (Phi) is 3.56. The van der Waals surface area contributed by atoms with Crippen molar-refractivity contribution < 1.29 is 14.5 Å². The lowest BCUT2D eigenvalue weighted by Gasteiger charge is -2.02. The summed E-state index contributed by atoms with van der Waals surface area (Å²) in [5, 5.41) is 14.9. The zero-order valence-corrected chi connectivity index (χ0v) is 10.1. The minimum absolute atomic E-state index is 0.0256. The third-order valence-corrected chi connectivity index (χ3v) is 2.56. The van der Waals surface area contributed by atoms with Gasteiger partial charge in [-0.3, -0.25) is 14.8 Å². The molecule has 7 heteroatoms. The number of rotatable bonds is 4. The molecule has 0 atom stereocenters. The molecule has 0 bridgehead atoms. The van der Waals surface area contributed by atoms with Crippen LogP contribution in [0.25, 0.3) is 0 Å². The van der Waals surface area contributed by atoms with E-state index >= 15 is 0 Å². The molecule has 0 spiro atoms. The molecule has 2 rings (SSSR count). The highest BCUT2D eigenvalue weighted by molar-refractivity contribution is 5.86. The summed E-state index contributed by atoms with van der Waals surface area (Å²) in [6, 6.07) is 7.90. The van der Waals surface area contributed by atoms with Crippen LogP contribution >= 0.6 is 0 Å². The average Bonchev–Trinajstić information content (AvgIpc) is 2.86.